The second-order valence-electron chi connectivity index (χ2n) is 2.21. The third kappa shape index (κ3) is 1.38. The molecule has 1 aromatic carbocycles. The van der Waals surface area contributed by atoms with Crippen LogP contribution in [-0.4, -0.2) is 14.4 Å². The van der Waals surface area contributed by atoms with Gasteiger partial charge in [-0.25, -0.2) is 0 Å². The maximum Gasteiger partial charge on any atom is 0.788 e. The van der Waals surface area contributed by atoms with Crippen LogP contribution in [-0.2, 0) is 4.65 Å². The Morgan fingerprint density at radius 3 is 2.08 bits per heavy atom. The SMILES string of the molecule is C.COB1Oc2ccccc2O1. The van der Waals surface area contributed by atoms with E-state index >= 15 is 0 Å². The van der Waals surface area contributed by atoms with E-state index in [4.69, 9.17) is 14.0 Å². The summed E-state index contributed by atoms with van der Waals surface area (Å²) in [4.78, 5) is 0. The van der Waals surface area contributed by atoms with Gasteiger partial charge in [0, 0.05) is 7.11 Å². The van der Waals surface area contributed by atoms with Gasteiger partial charge in [0.25, 0.3) is 0 Å². The van der Waals surface area contributed by atoms with Crippen LogP contribution in [0, 0.1) is 0 Å². The first kappa shape index (κ1) is 8.94. The molecule has 4 heteroatoms. The van der Waals surface area contributed by atoms with E-state index < -0.39 is 7.32 Å². The fourth-order valence-corrected chi connectivity index (χ4v) is 0.973. The summed E-state index contributed by atoms with van der Waals surface area (Å²) in [6.07, 6.45) is 0. The van der Waals surface area contributed by atoms with Crippen LogP contribution in [0.1, 0.15) is 7.43 Å². The minimum Gasteiger partial charge on any atom is -0.498 e. The normalized spacial score (nSPS) is 12.6. The highest BCUT2D eigenvalue weighted by Crippen LogP contribution is 2.32. The highest BCUT2D eigenvalue weighted by atomic mass is 16.8. The number of hydrogen-bond donors (Lipinski definition) is 0. The Labute approximate surface area is 72.4 Å². The first-order valence-electron chi connectivity index (χ1n) is 3.35. The molecule has 0 aliphatic carbocycles. The van der Waals surface area contributed by atoms with Gasteiger partial charge in [-0.3, -0.25) is 0 Å². The van der Waals surface area contributed by atoms with E-state index in [9.17, 15) is 0 Å². The molecular weight excluding hydrogens is 155 g/mol. The molecule has 0 bridgehead atoms. The zero-order valence-corrected chi connectivity index (χ0v) is 6.11. The Morgan fingerprint density at radius 2 is 1.67 bits per heavy atom. The Bertz CT molecular complexity index is 239. The van der Waals surface area contributed by atoms with Crippen LogP contribution in [0.5, 0.6) is 11.5 Å². The van der Waals surface area contributed by atoms with Gasteiger partial charge in [0.1, 0.15) is 11.5 Å². The molecule has 1 heterocycles. The molecule has 0 saturated carbocycles. The molecule has 3 nitrogen and oxygen atoms in total. The molecule has 64 valence electrons. The number of para-hydroxylation sites is 2. The Morgan fingerprint density at radius 1 is 1.17 bits per heavy atom. The summed E-state index contributed by atoms with van der Waals surface area (Å²) >= 11 is 0. The van der Waals surface area contributed by atoms with E-state index in [2.05, 4.69) is 0 Å². The Kier molecular flexibility index (Phi) is 2.60. The topological polar surface area (TPSA) is 27.7 Å². The summed E-state index contributed by atoms with van der Waals surface area (Å²) in [6.45, 7) is 0. The van der Waals surface area contributed by atoms with Crippen LogP contribution in [0.15, 0.2) is 24.3 Å². The van der Waals surface area contributed by atoms with Gasteiger partial charge in [-0.1, -0.05) is 19.6 Å². The minimum absolute atomic E-state index is 0. The van der Waals surface area contributed by atoms with Crippen molar-refractivity contribution < 1.29 is 14.0 Å². The van der Waals surface area contributed by atoms with E-state index in [0.29, 0.717) is 0 Å². The molecule has 1 aliphatic heterocycles. The molecule has 0 saturated heterocycles. The van der Waals surface area contributed by atoms with Crippen molar-refractivity contribution in [2.24, 2.45) is 0 Å². The molecule has 12 heavy (non-hydrogen) atoms. The lowest BCUT2D eigenvalue weighted by atomic mass is 10.2. The van der Waals surface area contributed by atoms with Crippen LogP contribution in [0.25, 0.3) is 0 Å². The largest absolute Gasteiger partial charge is 0.788 e. The molecule has 1 aliphatic rings. The van der Waals surface area contributed by atoms with E-state index in [1.807, 2.05) is 24.3 Å². The number of fused-ring (bicyclic) bond motifs is 1. The number of hydrogen-bond acceptors (Lipinski definition) is 3. The second kappa shape index (κ2) is 3.49. The van der Waals surface area contributed by atoms with Gasteiger partial charge < -0.3 is 14.0 Å². The van der Waals surface area contributed by atoms with E-state index in [1.165, 1.54) is 7.11 Å². The molecule has 0 atom stereocenters. The maximum atomic E-state index is 5.21. The van der Waals surface area contributed by atoms with E-state index in [0.717, 1.165) is 11.5 Å². The Hall–Kier alpha value is -1.16. The molecule has 0 fully saturated rings. The van der Waals surface area contributed by atoms with Crippen molar-refractivity contribution in [3.8, 4) is 11.5 Å². The van der Waals surface area contributed by atoms with Crippen LogP contribution in [0.4, 0.5) is 0 Å². The first-order chi connectivity index (χ1) is 5.40. The van der Waals surface area contributed by atoms with Crippen molar-refractivity contribution in [3.05, 3.63) is 24.3 Å². The third-order valence-corrected chi connectivity index (χ3v) is 1.49. The second-order valence-corrected chi connectivity index (χ2v) is 2.21. The maximum absolute atomic E-state index is 5.21. The summed E-state index contributed by atoms with van der Waals surface area (Å²) in [5.74, 6) is 1.47. The van der Waals surface area contributed by atoms with Crippen LogP contribution < -0.4 is 9.31 Å². The molecule has 0 amide bonds. The molecule has 2 rings (SSSR count). The fraction of sp³-hybridized carbons (Fsp3) is 0.250. The summed E-state index contributed by atoms with van der Waals surface area (Å²) in [6, 6.07) is 7.46. The van der Waals surface area contributed by atoms with Crippen molar-refractivity contribution in [2.75, 3.05) is 7.11 Å². The van der Waals surface area contributed by atoms with Crippen molar-refractivity contribution in [1.29, 1.82) is 0 Å². The molecule has 0 spiro atoms. The highest BCUT2D eigenvalue weighted by molar-refractivity contribution is 6.40. The first-order valence-corrected chi connectivity index (χ1v) is 3.35. The van der Waals surface area contributed by atoms with Crippen molar-refractivity contribution in [2.45, 2.75) is 7.43 Å². The summed E-state index contributed by atoms with van der Waals surface area (Å²) in [5.41, 5.74) is 0. The highest BCUT2D eigenvalue weighted by Gasteiger charge is 2.33. The van der Waals surface area contributed by atoms with Crippen molar-refractivity contribution in [3.63, 3.8) is 0 Å². The molecule has 1 aromatic rings. The van der Waals surface area contributed by atoms with E-state index in [1.54, 1.807) is 0 Å². The van der Waals surface area contributed by atoms with Gasteiger partial charge in [-0.2, -0.15) is 0 Å². The molecule has 0 unspecified atom stereocenters. The lowest BCUT2D eigenvalue weighted by molar-refractivity contribution is 0.278. The zero-order chi connectivity index (χ0) is 7.68. The summed E-state index contributed by atoms with van der Waals surface area (Å²) in [7, 11) is 0.962. The quantitative estimate of drug-likeness (QED) is 0.594. The summed E-state index contributed by atoms with van der Waals surface area (Å²) in [5, 5.41) is 0. The van der Waals surface area contributed by atoms with Gasteiger partial charge in [0.05, 0.1) is 0 Å². The zero-order valence-electron chi connectivity index (χ0n) is 6.11. The molecule has 0 radical (unpaired) electrons. The smallest absolute Gasteiger partial charge is 0.498 e. The third-order valence-electron chi connectivity index (χ3n) is 1.49. The average Bonchev–Trinajstić information content (AvgIpc) is 2.46. The van der Waals surface area contributed by atoms with Crippen LogP contribution in [0.2, 0.25) is 0 Å². The van der Waals surface area contributed by atoms with Crippen LogP contribution >= 0.6 is 0 Å². The standard InChI is InChI=1S/C7H7BO3.CH4/c1-9-8-10-6-4-2-3-5-7(6)11-8;/h2-5H,1H3;1H4. The lowest BCUT2D eigenvalue weighted by Gasteiger charge is -1.97. The van der Waals surface area contributed by atoms with E-state index in [-0.39, 0.29) is 7.43 Å². The van der Waals surface area contributed by atoms with Gasteiger partial charge in [-0.15, -0.1) is 0 Å². The molecule has 0 aromatic heterocycles. The fourth-order valence-electron chi connectivity index (χ4n) is 0.973. The van der Waals surface area contributed by atoms with Gasteiger partial charge in [0.15, 0.2) is 0 Å². The summed E-state index contributed by atoms with van der Waals surface area (Å²) < 4.78 is 15.3. The number of benzene rings is 1. The molecule has 0 N–H and O–H groups in total. The number of rotatable bonds is 1. The van der Waals surface area contributed by atoms with Gasteiger partial charge in [-0.05, 0) is 12.1 Å². The lowest BCUT2D eigenvalue weighted by Crippen LogP contribution is -2.26. The van der Waals surface area contributed by atoms with Gasteiger partial charge in [0.2, 0.25) is 0 Å². The average molecular weight is 166 g/mol. The van der Waals surface area contributed by atoms with Crippen molar-refractivity contribution in [1.82, 2.24) is 0 Å². The Balaban J connectivity index is 0.000000720. The predicted molar refractivity (Wildman–Crippen MR) is 47.2 cm³/mol. The minimum atomic E-state index is -0.576. The molecular formula is C8H11BO3. The van der Waals surface area contributed by atoms with Gasteiger partial charge >= 0.3 is 7.32 Å². The monoisotopic (exact) mass is 166 g/mol. The van der Waals surface area contributed by atoms with Crippen LogP contribution in [0.3, 0.4) is 0 Å². The predicted octanol–water partition coefficient (Wildman–Crippen LogP) is 1.73. The van der Waals surface area contributed by atoms with Crippen molar-refractivity contribution >= 4 is 7.32 Å².